The second-order valence-electron chi connectivity index (χ2n) is 0.492. The van der Waals surface area contributed by atoms with Crippen LogP contribution in [-0.4, -0.2) is 11.4 Å². The van der Waals surface area contributed by atoms with Crippen LogP contribution in [0.15, 0.2) is 0 Å². The van der Waals surface area contributed by atoms with E-state index in [0.717, 1.165) is 6.92 Å². The van der Waals surface area contributed by atoms with Crippen LogP contribution in [0.5, 0.6) is 0 Å². The maximum atomic E-state index is 8.89. The van der Waals surface area contributed by atoms with Crippen molar-refractivity contribution in [3.8, 4) is 0 Å². The van der Waals surface area contributed by atoms with Gasteiger partial charge in [-0.15, -0.1) is 0 Å². The quantitative estimate of drug-likeness (QED) is 0.466. The maximum Gasteiger partial charge on any atom is 3.00 e. The summed E-state index contributed by atoms with van der Waals surface area (Å²) in [6, 6.07) is 0. The molecule has 2 N–H and O–H groups in total. The van der Waals surface area contributed by atoms with Crippen molar-refractivity contribution in [1.82, 2.24) is 0 Å². The van der Waals surface area contributed by atoms with Gasteiger partial charge in [-0.3, -0.25) is 0 Å². The van der Waals surface area contributed by atoms with Crippen LogP contribution >= 0.6 is 0 Å². The van der Waals surface area contributed by atoms with Gasteiger partial charge in [0, 0.05) is 5.97 Å². The van der Waals surface area contributed by atoms with E-state index < -0.39 is 5.97 Å². The fourth-order valence-corrected chi connectivity index (χ4v) is 0. The summed E-state index contributed by atoms with van der Waals surface area (Å²) in [6.07, 6.45) is 0. The standard InChI is InChI=1S/C2H4O2.La.H2O/c1-2(3)4;;/h1H3,(H,3,4);;1H2/q;+3;/p-1. The van der Waals surface area contributed by atoms with Gasteiger partial charge in [-0.1, -0.05) is 0 Å². The van der Waals surface area contributed by atoms with E-state index in [0.29, 0.717) is 0 Å². The number of aliphatic carboxylic acids is 1. The van der Waals surface area contributed by atoms with Crippen LogP contribution in [0.2, 0.25) is 0 Å². The third-order valence-corrected chi connectivity index (χ3v) is 0. The van der Waals surface area contributed by atoms with Crippen molar-refractivity contribution in [3.63, 3.8) is 0 Å². The Kier molecular flexibility index (Phi) is 24.3. The number of rotatable bonds is 0. The molecule has 0 aliphatic heterocycles. The zero-order valence-electron chi connectivity index (χ0n) is 3.39. The molecule has 0 amide bonds. The normalized spacial score (nSPS) is 4.17. The first-order chi connectivity index (χ1) is 1.73. The molecule has 0 aliphatic carbocycles. The number of carbonyl (C=O) groups excluding carboxylic acids is 1. The summed E-state index contributed by atoms with van der Waals surface area (Å²) >= 11 is 0. The minimum absolute atomic E-state index is 0. The SMILES string of the molecule is CC(=O)[O-].O.[La+3]. The van der Waals surface area contributed by atoms with Crippen molar-refractivity contribution in [2.75, 3.05) is 0 Å². The third-order valence-electron chi connectivity index (χ3n) is 0. The van der Waals surface area contributed by atoms with E-state index in [2.05, 4.69) is 0 Å². The predicted molar refractivity (Wildman–Crippen MR) is 14.3 cm³/mol. The molecule has 0 heterocycles. The molecule has 0 fully saturated rings. The van der Waals surface area contributed by atoms with Gasteiger partial charge in [-0.05, 0) is 6.92 Å². The predicted octanol–water partition coefficient (Wildman–Crippen LogP) is -2.07. The fourth-order valence-electron chi connectivity index (χ4n) is 0. The smallest absolute Gasteiger partial charge is 0.550 e. The Labute approximate surface area is 63.6 Å². The van der Waals surface area contributed by atoms with E-state index in [1.807, 2.05) is 0 Å². The van der Waals surface area contributed by atoms with Gasteiger partial charge in [0.2, 0.25) is 0 Å². The van der Waals surface area contributed by atoms with Crippen molar-refractivity contribution >= 4 is 5.97 Å². The molecule has 0 saturated heterocycles. The number of carbonyl (C=O) groups is 1. The summed E-state index contributed by atoms with van der Waals surface area (Å²) in [6.45, 7) is 0.972. The molecule has 0 atom stereocenters. The van der Waals surface area contributed by atoms with Crippen molar-refractivity contribution < 1.29 is 51.0 Å². The van der Waals surface area contributed by atoms with Gasteiger partial charge in [0.25, 0.3) is 0 Å². The molecule has 4 heteroatoms. The molecule has 3 nitrogen and oxygen atoms in total. The Hall–Kier alpha value is 0.625. The first-order valence-corrected chi connectivity index (χ1v) is 0.908. The molecule has 0 rings (SSSR count). The van der Waals surface area contributed by atoms with Crippen LogP contribution in [0.4, 0.5) is 0 Å². The molecule has 0 saturated carbocycles. The molecule has 0 spiro atoms. The molecule has 0 radical (unpaired) electrons. The largest absolute Gasteiger partial charge is 3.00 e. The van der Waals surface area contributed by atoms with Gasteiger partial charge >= 0.3 is 35.6 Å². The van der Waals surface area contributed by atoms with Crippen LogP contribution in [0.1, 0.15) is 6.92 Å². The monoisotopic (exact) mass is 216 g/mol. The van der Waals surface area contributed by atoms with Crippen molar-refractivity contribution in [1.29, 1.82) is 0 Å². The van der Waals surface area contributed by atoms with Gasteiger partial charge in [0.1, 0.15) is 0 Å². The first kappa shape index (κ1) is 16.0. The summed E-state index contributed by atoms with van der Waals surface area (Å²) in [5, 5.41) is 8.89. The Morgan fingerprint density at radius 2 is 1.67 bits per heavy atom. The van der Waals surface area contributed by atoms with Crippen LogP contribution in [-0.2, 0) is 4.79 Å². The topological polar surface area (TPSA) is 71.6 Å². The van der Waals surface area contributed by atoms with Crippen molar-refractivity contribution in [2.45, 2.75) is 6.92 Å². The van der Waals surface area contributed by atoms with E-state index in [4.69, 9.17) is 9.90 Å². The second kappa shape index (κ2) is 9.16. The van der Waals surface area contributed by atoms with E-state index in [1.54, 1.807) is 0 Å². The van der Waals surface area contributed by atoms with Gasteiger partial charge < -0.3 is 15.4 Å². The summed E-state index contributed by atoms with van der Waals surface area (Å²) in [5.74, 6) is -1.08. The van der Waals surface area contributed by atoms with Crippen LogP contribution in [0, 0.1) is 35.6 Å². The zero-order chi connectivity index (χ0) is 3.58. The number of carboxylic acids is 1. The van der Waals surface area contributed by atoms with Gasteiger partial charge in [0.15, 0.2) is 0 Å². The molecular weight excluding hydrogens is 211 g/mol. The minimum Gasteiger partial charge on any atom is -0.550 e. The zero-order valence-corrected chi connectivity index (χ0v) is 7.02. The van der Waals surface area contributed by atoms with Crippen molar-refractivity contribution in [2.24, 2.45) is 0 Å². The molecule has 0 aliphatic rings. The second-order valence-corrected chi connectivity index (χ2v) is 0.492. The van der Waals surface area contributed by atoms with Crippen molar-refractivity contribution in [3.05, 3.63) is 0 Å². The minimum atomic E-state index is -1.08. The maximum absolute atomic E-state index is 8.89. The Morgan fingerprint density at radius 1 is 1.67 bits per heavy atom. The number of hydrogen-bond acceptors (Lipinski definition) is 2. The number of carboxylic acid groups (broad SMARTS) is 1. The Bertz CT molecular complexity index is 31.8. The average Bonchev–Trinajstić information content (AvgIpc) is 0.811. The van der Waals surface area contributed by atoms with Crippen LogP contribution in [0.25, 0.3) is 0 Å². The summed E-state index contributed by atoms with van der Waals surface area (Å²) in [7, 11) is 0. The van der Waals surface area contributed by atoms with Gasteiger partial charge in [-0.25, -0.2) is 0 Å². The Balaban J connectivity index is -0.0000000450. The van der Waals surface area contributed by atoms with Crippen LogP contribution < -0.4 is 5.11 Å². The molecule has 32 valence electrons. The van der Waals surface area contributed by atoms with E-state index in [1.165, 1.54) is 0 Å². The van der Waals surface area contributed by atoms with Crippen LogP contribution in [0.3, 0.4) is 0 Å². The summed E-state index contributed by atoms with van der Waals surface area (Å²) in [4.78, 5) is 8.89. The van der Waals surface area contributed by atoms with E-state index in [9.17, 15) is 0 Å². The molecule has 6 heavy (non-hydrogen) atoms. The third kappa shape index (κ3) is 156. The fraction of sp³-hybridized carbons (Fsp3) is 0.500. The molecule has 0 unspecified atom stereocenters. The van der Waals surface area contributed by atoms with Gasteiger partial charge in [-0.2, -0.15) is 0 Å². The molecule has 0 bridgehead atoms. The average molecular weight is 216 g/mol. The molecule has 0 aromatic heterocycles. The molecule has 0 aromatic rings. The number of hydrogen-bond donors (Lipinski definition) is 0. The van der Waals surface area contributed by atoms with E-state index in [-0.39, 0.29) is 41.1 Å². The van der Waals surface area contributed by atoms with E-state index >= 15 is 0 Å². The summed E-state index contributed by atoms with van der Waals surface area (Å²) in [5.41, 5.74) is 0. The molecular formula is C2H5LaO3+2. The first-order valence-electron chi connectivity index (χ1n) is 0.908. The van der Waals surface area contributed by atoms with Gasteiger partial charge in [0.05, 0.1) is 0 Å². The molecule has 0 aromatic carbocycles. The summed E-state index contributed by atoms with van der Waals surface area (Å²) < 4.78 is 0. The Morgan fingerprint density at radius 3 is 1.67 bits per heavy atom.